The Morgan fingerprint density at radius 3 is 2.63 bits per heavy atom. The van der Waals surface area contributed by atoms with E-state index < -0.39 is 0 Å². The monoisotopic (exact) mass is 287 g/mol. The molecule has 2 nitrogen and oxygen atoms in total. The van der Waals surface area contributed by atoms with Crippen LogP contribution in [0.15, 0.2) is 53.5 Å². The van der Waals surface area contributed by atoms with Crippen LogP contribution in [0, 0.1) is 0 Å². The van der Waals surface area contributed by atoms with Gasteiger partial charge in [-0.15, -0.1) is 0 Å². The normalized spacial score (nSPS) is 9.74. The van der Waals surface area contributed by atoms with Crippen molar-refractivity contribution in [2.45, 2.75) is 6.42 Å². The summed E-state index contributed by atoms with van der Waals surface area (Å²) in [5.74, 6) is -0.0438. The van der Waals surface area contributed by atoms with Gasteiger partial charge in [-0.3, -0.25) is 4.79 Å². The molecule has 2 rings (SSSR count). The fraction of sp³-hybridized carbons (Fsp3) is 0.0667. The number of thiocarbonyl (C=S) groups is 1. The van der Waals surface area contributed by atoms with E-state index in [0.717, 1.165) is 5.56 Å². The minimum absolute atomic E-state index is 0.0438. The van der Waals surface area contributed by atoms with Crippen LogP contribution in [-0.2, 0) is 6.42 Å². The second-order valence-electron chi connectivity index (χ2n) is 3.95. The quantitative estimate of drug-likeness (QED) is 0.471. The summed E-state index contributed by atoms with van der Waals surface area (Å²) >= 11 is 10.5. The Hall–Kier alpha value is -1.80. The third-order valence-corrected chi connectivity index (χ3v) is 2.96. The lowest BCUT2D eigenvalue weighted by Crippen LogP contribution is -2.03. The predicted molar refractivity (Wildman–Crippen MR) is 80.6 cm³/mol. The van der Waals surface area contributed by atoms with E-state index in [4.69, 9.17) is 11.6 Å². The van der Waals surface area contributed by atoms with Gasteiger partial charge in [-0.25, -0.2) is 0 Å². The smallest absolute Gasteiger partial charge is 0.169 e. The Morgan fingerprint density at radius 1 is 1.21 bits per heavy atom. The summed E-state index contributed by atoms with van der Waals surface area (Å²) in [5, 5.41) is 2.78. The number of nitrogens with zero attached hydrogens (tertiary/aromatic N) is 1. The zero-order chi connectivity index (χ0) is 13.7. The third kappa shape index (κ3) is 3.58. The molecule has 0 unspecified atom stereocenters. The van der Waals surface area contributed by atoms with Crippen molar-refractivity contribution in [2.75, 3.05) is 0 Å². The minimum atomic E-state index is -0.0438. The Labute approximate surface area is 121 Å². The van der Waals surface area contributed by atoms with Gasteiger partial charge in [0.1, 0.15) is 0 Å². The van der Waals surface area contributed by atoms with Gasteiger partial charge in [0, 0.05) is 17.0 Å². The summed E-state index contributed by atoms with van der Waals surface area (Å²) in [5.41, 5.74) is 1.92. The number of halogens is 1. The molecule has 0 saturated heterocycles. The molecule has 0 aromatic heterocycles. The molecule has 94 valence electrons. The number of Topliss-reactive ketones (excluding diaryl/α,β-unsaturated/α-hetero) is 1. The molecule has 0 atom stereocenters. The lowest BCUT2D eigenvalue weighted by molar-refractivity contribution is 0.0993. The Balaban J connectivity index is 2.33. The number of rotatable bonds is 4. The van der Waals surface area contributed by atoms with Gasteiger partial charge in [0.25, 0.3) is 0 Å². The van der Waals surface area contributed by atoms with Crippen LogP contribution >= 0.6 is 23.8 Å². The molecule has 0 amide bonds. The van der Waals surface area contributed by atoms with Gasteiger partial charge in [0.15, 0.2) is 5.78 Å². The SMILES string of the molecule is O=C(Cc1ccccc1)c1cc(Cl)ccc1N=C=S. The molecule has 0 N–H and O–H groups in total. The number of ketones is 1. The average Bonchev–Trinajstić information content (AvgIpc) is 2.42. The van der Waals surface area contributed by atoms with Gasteiger partial charge in [0.05, 0.1) is 10.8 Å². The minimum Gasteiger partial charge on any atom is -0.294 e. The molecule has 0 saturated carbocycles. The molecule has 0 aliphatic carbocycles. The number of carbonyl (C=O) groups excluding carboxylic acids is 1. The maximum absolute atomic E-state index is 12.3. The van der Waals surface area contributed by atoms with Crippen LogP contribution in [0.1, 0.15) is 15.9 Å². The number of benzene rings is 2. The molecule has 0 aliphatic heterocycles. The van der Waals surface area contributed by atoms with E-state index in [1.165, 1.54) is 0 Å². The van der Waals surface area contributed by atoms with Gasteiger partial charge >= 0.3 is 0 Å². The van der Waals surface area contributed by atoms with Crippen molar-refractivity contribution in [3.63, 3.8) is 0 Å². The first-order chi connectivity index (χ1) is 9.20. The number of isothiocyanates is 1. The second-order valence-corrected chi connectivity index (χ2v) is 4.57. The van der Waals surface area contributed by atoms with Crippen LogP contribution in [0.3, 0.4) is 0 Å². The van der Waals surface area contributed by atoms with Gasteiger partial charge in [-0.05, 0) is 36.0 Å². The van der Waals surface area contributed by atoms with Crippen LogP contribution in [0.4, 0.5) is 5.69 Å². The highest BCUT2D eigenvalue weighted by Gasteiger charge is 2.12. The van der Waals surface area contributed by atoms with E-state index in [9.17, 15) is 4.79 Å². The zero-order valence-electron chi connectivity index (χ0n) is 9.97. The summed E-state index contributed by atoms with van der Waals surface area (Å²) in [6.07, 6.45) is 0.307. The molecule has 2 aromatic rings. The van der Waals surface area contributed by atoms with Crippen molar-refractivity contribution in [2.24, 2.45) is 4.99 Å². The molecule has 0 spiro atoms. The van der Waals surface area contributed by atoms with Crippen molar-refractivity contribution in [3.8, 4) is 0 Å². The van der Waals surface area contributed by atoms with E-state index in [2.05, 4.69) is 22.4 Å². The molecule has 0 bridgehead atoms. The Bertz CT molecular complexity index is 648. The fourth-order valence-corrected chi connectivity index (χ4v) is 2.03. The van der Waals surface area contributed by atoms with Crippen LogP contribution in [0.2, 0.25) is 5.02 Å². The Morgan fingerprint density at radius 2 is 1.95 bits per heavy atom. The van der Waals surface area contributed by atoms with Crippen LogP contribution in [0.5, 0.6) is 0 Å². The highest BCUT2D eigenvalue weighted by Crippen LogP contribution is 2.24. The van der Waals surface area contributed by atoms with Gasteiger partial charge < -0.3 is 0 Å². The summed E-state index contributed by atoms with van der Waals surface area (Å²) in [6.45, 7) is 0. The molecule has 0 aliphatic rings. The number of hydrogen-bond donors (Lipinski definition) is 0. The summed E-state index contributed by atoms with van der Waals surface area (Å²) in [7, 11) is 0. The number of aliphatic imine (C=N–C) groups is 1. The van der Waals surface area contributed by atoms with E-state index in [1.54, 1.807) is 18.2 Å². The third-order valence-electron chi connectivity index (χ3n) is 2.63. The molecule has 4 heteroatoms. The molecule has 0 fully saturated rings. The van der Waals surface area contributed by atoms with Crippen LogP contribution in [0.25, 0.3) is 0 Å². The first-order valence-electron chi connectivity index (χ1n) is 5.65. The molecule has 0 heterocycles. The summed E-state index contributed by atoms with van der Waals surface area (Å²) in [4.78, 5) is 16.2. The van der Waals surface area contributed by atoms with Crippen molar-refractivity contribution in [1.82, 2.24) is 0 Å². The lowest BCUT2D eigenvalue weighted by atomic mass is 10.0. The second kappa shape index (κ2) is 6.39. The van der Waals surface area contributed by atoms with E-state index in [1.807, 2.05) is 30.3 Å². The maximum atomic E-state index is 12.3. The largest absolute Gasteiger partial charge is 0.294 e. The topological polar surface area (TPSA) is 29.4 Å². The first kappa shape index (κ1) is 13.6. The van der Waals surface area contributed by atoms with Crippen molar-refractivity contribution in [3.05, 3.63) is 64.7 Å². The molecular formula is C15H10ClNOS. The molecule has 0 radical (unpaired) electrons. The summed E-state index contributed by atoms with van der Waals surface area (Å²) < 4.78 is 0. The average molecular weight is 288 g/mol. The zero-order valence-corrected chi connectivity index (χ0v) is 11.5. The number of carbonyl (C=O) groups is 1. The van der Waals surface area contributed by atoms with E-state index in [-0.39, 0.29) is 5.78 Å². The first-order valence-corrected chi connectivity index (χ1v) is 6.44. The van der Waals surface area contributed by atoms with Crippen LogP contribution in [-0.4, -0.2) is 10.9 Å². The van der Waals surface area contributed by atoms with Gasteiger partial charge in [0.2, 0.25) is 0 Å². The Kier molecular flexibility index (Phi) is 4.58. The highest BCUT2D eigenvalue weighted by molar-refractivity contribution is 7.78. The van der Waals surface area contributed by atoms with Gasteiger partial charge in [-0.1, -0.05) is 41.9 Å². The fourth-order valence-electron chi connectivity index (χ4n) is 1.75. The molecule has 19 heavy (non-hydrogen) atoms. The lowest BCUT2D eigenvalue weighted by Gasteiger charge is -2.05. The maximum Gasteiger partial charge on any atom is 0.169 e. The molecular weight excluding hydrogens is 278 g/mol. The van der Waals surface area contributed by atoms with Crippen molar-refractivity contribution in [1.29, 1.82) is 0 Å². The van der Waals surface area contributed by atoms with Crippen LogP contribution < -0.4 is 0 Å². The van der Waals surface area contributed by atoms with E-state index in [0.29, 0.717) is 22.7 Å². The highest BCUT2D eigenvalue weighted by atomic mass is 35.5. The summed E-state index contributed by atoms with van der Waals surface area (Å²) in [6, 6.07) is 14.5. The predicted octanol–water partition coefficient (Wildman–Crippen LogP) is 4.50. The standard InChI is InChI=1S/C15H10ClNOS/c16-12-6-7-14(17-10-19)13(9-12)15(18)8-11-4-2-1-3-5-11/h1-7,9H,8H2. The van der Waals surface area contributed by atoms with Gasteiger partial charge in [-0.2, -0.15) is 4.99 Å². The van der Waals surface area contributed by atoms with E-state index >= 15 is 0 Å². The molecule has 2 aromatic carbocycles. The van der Waals surface area contributed by atoms with Crippen molar-refractivity contribution >= 4 is 40.5 Å². The van der Waals surface area contributed by atoms with Crippen molar-refractivity contribution < 1.29 is 4.79 Å². The number of hydrogen-bond acceptors (Lipinski definition) is 3.